The molecule has 124 valence electrons. The molecular formula is C14H19F3N2O2S. The van der Waals surface area contributed by atoms with Gasteiger partial charge in [0.15, 0.2) is 4.90 Å². The zero-order valence-electron chi connectivity index (χ0n) is 12.0. The Hall–Kier alpha value is -1.12. The van der Waals surface area contributed by atoms with Crippen LogP contribution < -0.4 is 10.5 Å². The van der Waals surface area contributed by atoms with Gasteiger partial charge in [0, 0.05) is 24.7 Å². The van der Waals surface area contributed by atoms with E-state index in [1.54, 1.807) is 0 Å². The van der Waals surface area contributed by atoms with E-state index in [9.17, 15) is 21.6 Å². The fourth-order valence-corrected chi connectivity index (χ4v) is 4.35. The third-order valence-corrected chi connectivity index (χ3v) is 5.55. The number of sulfonamides is 1. The third kappa shape index (κ3) is 3.80. The summed E-state index contributed by atoms with van der Waals surface area (Å²) >= 11 is 0. The second-order valence-electron chi connectivity index (χ2n) is 5.56. The molecule has 1 aliphatic rings. The number of nitrogens with two attached hydrogens (primary N) is 1. The van der Waals surface area contributed by atoms with E-state index in [0.29, 0.717) is 12.1 Å². The van der Waals surface area contributed by atoms with E-state index in [1.807, 2.05) is 0 Å². The SMILES string of the molecule is NCC(NS(=O)(=O)c1c(F)cc(F)cc1F)C1CCCCC1. The number of halogens is 3. The fourth-order valence-electron chi connectivity index (χ4n) is 2.92. The van der Waals surface area contributed by atoms with Crippen molar-refractivity contribution in [2.45, 2.75) is 43.0 Å². The molecule has 0 radical (unpaired) electrons. The number of rotatable bonds is 5. The Morgan fingerprint density at radius 2 is 1.68 bits per heavy atom. The molecule has 0 bridgehead atoms. The van der Waals surface area contributed by atoms with E-state index in [0.717, 1.165) is 32.1 Å². The minimum Gasteiger partial charge on any atom is -0.329 e. The van der Waals surface area contributed by atoms with Gasteiger partial charge >= 0.3 is 0 Å². The molecule has 1 aromatic carbocycles. The van der Waals surface area contributed by atoms with Crippen LogP contribution in [0.15, 0.2) is 17.0 Å². The van der Waals surface area contributed by atoms with Crippen molar-refractivity contribution in [2.75, 3.05) is 6.54 Å². The van der Waals surface area contributed by atoms with E-state index in [2.05, 4.69) is 4.72 Å². The van der Waals surface area contributed by atoms with Gasteiger partial charge in [-0.3, -0.25) is 0 Å². The quantitative estimate of drug-likeness (QED) is 0.866. The Balaban J connectivity index is 2.26. The summed E-state index contributed by atoms with van der Waals surface area (Å²) in [5.74, 6) is -4.04. The van der Waals surface area contributed by atoms with Crippen molar-refractivity contribution in [3.05, 3.63) is 29.6 Å². The van der Waals surface area contributed by atoms with Crippen LogP contribution in [0.4, 0.5) is 13.2 Å². The van der Waals surface area contributed by atoms with Crippen molar-refractivity contribution in [2.24, 2.45) is 11.7 Å². The van der Waals surface area contributed by atoms with Gasteiger partial charge in [0.1, 0.15) is 17.5 Å². The topological polar surface area (TPSA) is 72.2 Å². The molecule has 8 heteroatoms. The predicted octanol–water partition coefficient (Wildman–Crippen LogP) is 2.29. The lowest BCUT2D eigenvalue weighted by Gasteiger charge is -2.29. The lowest BCUT2D eigenvalue weighted by atomic mass is 9.84. The fraction of sp³-hybridized carbons (Fsp3) is 0.571. The minimum atomic E-state index is -4.45. The second kappa shape index (κ2) is 6.97. The molecule has 0 heterocycles. The molecule has 3 N–H and O–H groups in total. The molecule has 1 aromatic rings. The maximum Gasteiger partial charge on any atom is 0.246 e. The van der Waals surface area contributed by atoms with Gasteiger partial charge in [0.25, 0.3) is 0 Å². The highest BCUT2D eigenvalue weighted by molar-refractivity contribution is 7.89. The van der Waals surface area contributed by atoms with Crippen LogP contribution in [0.1, 0.15) is 32.1 Å². The monoisotopic (exact) mass is 336 g/mol. The molecule has 22 heavy (non-hydrogen) atoms. The molecule has 0 spiro atoms. The molecule has 1 aliphatic carbocycles. The van der Waals surface area contributed by atoms with E-state index >= 15 is 0 Å². The maximum absolute atomic E-state index is 13.7. The van der Waals surface area contributed by atoms with Crippen LogP contribution in [0, 0.1) is 23.4 Å². The van der Waals surface area contributed by atoms with Crippen molar-refractivity contribution < 1.29 is 21.6 Å². The smallest absolute Gasteiger partial charge is 0.246 e. The molecule has 0 saturated heterocycles. The van der Waals surface area contributed by atoms with Crippen LogP contribution in [-0.4, -0.2) is 21.0 Å². The summed E-state index contributed by atoms with van der Waals surface area (Å²) in [7, 11) is -4.45. The molecule has 0 amide bonds. The summed E-state index contributed by atoms with van der Waals surface area (Å²) in [5.41, 5.74) is 5.61. The summed E-state index contributed by atoms with van der Waals surface area (Å²) < 4.78 is 67.0. The second-order valence-corrected chi connectivity index (χ2v) is 7.21. The van der Waals surface area contributed by atoms with Gasteiger partial charge < -0.3 is 5.73 Å². The Morgan fingerprint density at radius 3 is 2.18 bits per heavy atom. The largest absolute Gasteiger partial charge is 0.329 e. The van der Waals surface area contributed by atoms with E-state index in [-0.39, 0.29) is 12.5 Å². The number of nitrogens with one attached hydrogen (secondary N) is 1. The van der Waals surface area contributed by atoms with Crippen molar-refractivity contribution in [3.8, 4) is 0 Å². The van der Waals surface area contributed by atoms with Crippen molar-refractivity contribution in [1.82, 2.24) is 4.72 Å². The van der Waals surface area contributed by atoms with Crippen LogP contribution in [0.3, 0.4) is 0 Å². The van der Waals surface area contributed by atoms with Gasteiger partial charge in [-0.05, 0) is 18.8 Å². The first-order chi connectivity index (χ1) is 10.3. The van der Waals surface area contributed by atoms with E-state index in [1.165, 1.54) is 0 Å². The molecule has 2 rings (SSSR count). The average Bonchev–Trinajstić information content (AvgIpc) is 2.44. The summed E-state index contributed by atoms with van der Waals surface area (Å²) in [6.07, 6.45) is 4.67. The highest BCUT2D eigenvalue weighted by atomic mass is 32.2. The van der Waals surface area contributed by atoms with Crippen molar-refractivity contribution in [3.63, 3.8) is 0 Å². The summed E-state index contributed by atoms with van der Waals surface area (Å²) in [6, 6.07) is 0.0972. The maximum atomic E-state index is 13.7. The van der Waals surface area contributed by atoms with Gasteiger partial charge in [0.05, 0.1) is 0 Å². The lowest BCUT2D eigenvalue weighted by Crippen LogP contribution is -2.46. The van der Waals surface area contributed by atoms with Crippen LogP contribution >= 0.6 is 0 Å². The van der Waals surface area contributed by atoms with E-state index in [4.69, 9.17) is 5.73 Å². The highest BCUT2D eigenvalue weighted by Crippen LogP contribution is 2.28. The van der Waals surface area contributed by atoms with E-state index < -0.39 is 38.4 Å². The standard InChI is InChI=1S/C14H19F3N2O2S/c15-10-6-11(16)14(12(17)7-10)22(20,21)19-13(8-18)9-4-2-1-3-5-9/h6-7,9,13,19H,1-5,8,18H2. The molecule has 1 atom stereocenters. The van der Waals surface area contributed by atoms with Gasteiger partial charge in [0.2, 0.25) is 10.0 Å². The first-order valence-electron chi connectivity index (χ1n) is 7.22. The third-order valence-electron chi connectivity index (χ3n) is 4.01. The number of hydrogen-bond acceptors (Lipinski definition) is 3. The zero-order chi connectivity index (χ0) is 16.3. The summed E-state index contributed by atoms with van der Waals surface area (Å²) in [4.78, 5) is -1.16. The van der Waals surface area contributed by atoms with Crippen LogP contribution in [0.2, 0.25) is 0 Å². The van der Waals surface area contributed by atoms with Gasteiger partial charge in [-0.1, -0.05) is 19.3 Å². The molecular weight excluding hydrogens is 317 g/mol. The van der Waals surface area contributed by atoms with Crippen molar-refractivity contribution >= 4 is 10.0 Å². The Bertz CT molecular complexity index is 608. The normalized spacial score (nSPS) is 18.4. The lowest BCUT2D eigenvalue weighted by molar-refractivity contribution is 0.293. The molecule has 0 aromatic heterocycles. The van der Waals surface area contributed by atoms with Crippen LogP contribution in [-0.2, 0) is 10.0 Å². The number of benzene rings is 1. The number of hydrogen-bond donors (Lipinski definition) is 2. The van der Waals surface area contributed by atoms with Crippen molar-refractivity contribution in [1.29, 1.82) is 0 Å². The first kappa shape index (κ1) is 17.2. The molecule has 1 fully saturated rings. The Morgan fingerprint density at radius 1 is 1.14 bits per heavy atom. The summed E-state index contributed by atoms with van der Waals surface area (Å²) in [5, 5.41) is 0. The minimum absolute atomic E-state index is 0.0360. The van der Waals surface area contributed by atoms with Gasteiger partial charge in [-0.2, -0.15) is 0 Å². The molecule has 4 nitrogen and oxygen atoms in total. The Kier molecular flexibility index (Phi) is 5.46. The van der Waals surface area contributed by atoms with Gasteiger partial charge in [-0.25, -0.2) is 26.3 Å². The molecule has 1 unspecified atom stereocenters. The summed E-state index contributed by atoms with van der Waals surface area (Å²) in [6.45, 7) is 0.0360. The van der Waals surface area contributed by atoms with Crippen LogP contribution in [0.5, 0.6) is 0 Å². The predicted molar refractivity (Wildman–Crippen MR) is 76.1 cm³/mol. The first-order valence-corrected chi connectivity index (χ1v) is 8.70. The molecule has 0 aliphatic heterocycles. The molecule has 1 saturated carbocycles. The zero-order valence-corrected chi connectivity index (χ0v) is 12.8. The van der Waals surface area contributed by atoms with Gasteiger partial charge in [-0.15, -0.1) is 0 Å². The Labute approximate surface area is 127 Å². The average molecular weight is 336 g/mol. The highest BCUT2D eigenvalue weighted by Gasteiger charge is 2.31. The van der Waals surface area contributed by atoms with Crippen LogP contribution in [0.25, 0.3) is 0 Å².